The van der Waals surface area contributed by atoms with Gasteiger partial charge in [0.2, 0.25) is 0 Å². The molecule has 136 valence electrons. The van der Waals surface area contributed by atoms with Crippen LogP contribution < -0.4 is 16.3 Å². The van der Waals surface area contributed by atoms with E-state index in [2.05, 4.69) is 21.4 Å². The van der Waals surface area contributed by atoms with E-state index in [-0.39, 0.29) is 23.7 Å². The molecular weight excluding hydrogens is 334 g/mol. The normalized spacial score (nSPS) is 23.0. The highest BCUT2D eigenvalue weighted by Crippen LogP contribution is 2.29. The lowest BCUT2D eigenvalue weighted by Gasteiger charge is -2.42. The Morgan fingerprint density at radius 2 is 2.15 bits per heavy atom. The Morgan fingerprint density at radius 3 is 2.88 bits per heavy atom. The number of hydrogen-bond donors (Lipinski definition) is 4. The molecule has 1 aliphatic heterocycles. The summed E-state index contributed by atoms with van der Waals surface area (Å²) in [7, 11) is 0. The second kappa shape index (κ2) is 6.81. The molecule has 0 unspecified atom stereocenters. The van der Waals surface area contributed by atoms with Crippen molar-refractivity contribution in [3.8, 4) is 11.3 Å². The first-order chi connectivity index (χ1) is 12.6. The summed E-state index contributed by atoms with van der Waals surface area (Å²) in [6.45, 7) is 1.72. The zero-order chi connectivity index (χ0) is 18.1. The molecule has 0 spiro atoms. The minimum Gasteiger partial charge on any atom is -0.387 e. The fourth-order valence-electron chi connectivity index (χ4n) is 3.23. The van der Waals surface area contributed by atoms with Gasteiger partial charge in [-0.05, 0) is 19.8 Å². The summed E-state index contributed by atoms with van der Waals surface area (Å²) in [5.41, 5.74) is 7.86. The number of amides is 1. The van der Waals surface area contributed by atoms with Crippen LogP contribution in [0.3, 0.4) is 0 Å². The smallest absolute Gasteiger partial charge is 0.273 e. The largest absolute Gasteiger partial charge is 0.387 e. The van der Waals surface area contributed by atoms with Crippen molar-refractivity contribution >= 4 is 5.91 Å². The van der Waals surface area contributed by atoms with Gasteiger partial charge in [-0.1, -0.05) is 35.5 Å². The molecule has 1 saturated carbocycles. The fourth-order valence-corrected chi connectivity index (χ4v) is 3.23. The lowest BCUT2D eigenvalue weighted by molar-refractivity contribution is 0.0545. The van der Waals surface area contributed by atoms with E-state index in [1.807, 2.05) is 35.3 Å². The molecule has 1 atom stereocenters. The average molecular weight is 355 g/mol. The molecule has 4 N–H and O–H groups in total. The molecule has 1 fully saturated rings. The second-order valence-electron chi connectivity index (χ2n) is 6.61. The maximum Gasteiger partial charge on any atom is 0.273 e. The molecule has 0 bridgehead atoms. The van der Waals surface area contributed by atoms with Gasteiger partial charge in [0.05, 0.1) is 17.8 Å². The van der Waals surface area contributed by atoms with Crippen molar-refractivity contribution in [2.24, 2.45) is 0 Å². The predicted molar refractivity (Wildman–Crippen MR) is 94.1 cm³/mol. The Bertz CT molecular complexity index is 811. The van der Waals surface area contributed by atoms with E-state index in [9.17, 15) is 9.90 Å². The van der Waals surface area contributed by atoms with Crippen molar-refractivity contribution in [2.75, 3.05) is 0 Å². The molecule has 26 heavy (non-hydrogen) atoms. The number of hydrazine groups is 2. The number of aliphatic hydroxyl groups excluding tert-OH is 1. The van der Waals surface area contributed by atoms with Crippen LogP contribution in [0.1, 0.15) is 30.3 Å². The zero-order valence-electron chi connectivity index (χ0n) is 14.3. The maximum atomic E-state index is 12.4. The highest BCUT2D eigenvalue weighted by Gasteiger charge is 2.38. The Balaban J connectivity index is 1.32. The van der Waals surface area contributed by atoms with Crippen LogP contribution in [0.5, 0.6) is 0 Å². The Labute approximate surface area is 150 Å². The predicted octanol–water partition coefficient (Wildman–Crippen LogP) is 1.15. The number of aliphatic hydroxyl groups is 1. The Morgan fingerprint density at radius 1 is 1.38 bits per heavy atom. The van der Waals surface area contributed by atoms with Crippen molar-refractivity contribution in [3.63, 3.8) is 0 Å². The van der Waals surface area contributed by atoms with Crippen molar-refractivity contribution < 1.29 is 14.4 Å². The summed E-state index contributed by atoms with van der Waals surface area (Å²) in [6.07, 6.45) is 2.76. The number of rotatable bonds is 5. The van der Waals surface area contributed by atoms with E-state index in [4.69, 9.17) is 4.52 Å². The van der Waals surface area contributed by atoms with Crippen LogP contribution in [0.15, 0.2) is 52.8 Å². The van der Waals surface area contributed by atoms with Crippen molar-refractivity contribution in [1.82, 2.24) is 26.4 Å². The van der Waals surface area contributed by atoms with Crippen LogP contribution in [0.4, 0.5) is 0 Å². The fraction of sp³-hybridized carbons (Fsp3) is 0.333. The van der Waals surface area contributed by atoms with Gasteiger partial charge in [0.1, 0.15) is 0 Å². The molecule has 8 heteroatoms. The summed E-state index contributed by atoms with van der Waals surface area (Å²) in [6, 6.07) is 11.5. The van der Waals surface area contributed by atoms with E-state index in [1.165, 1.54) is 0 Å². The van der Waals surface area contributed by atoms with Crippen molar-refractivity contribution in [1.29, 1.82) is 0 Å². The highest BCUT2D eigenvalue weighted by molar-refractivity contribution is 5.93. The lowest BCUT2D eigenvalue weighted by atomic mass is 9.85. The molecular formula is C18H21N5O3. The standard InChI is InChI=1S/C18H21N5O3/c1-11(24)16-10-19-22-23(16)14-7-13(8-14)20-18(25)15-9-17(26-21-15)12-5-3-2-4-6-12/h2-6,9-11,13-14,19,22,24H,7-8H2,1H3,(H,20,25)/t11-,13?,14?/m0/s1. The van der Waals surface area contributed by atoms with Crippen molar-refractivity contribution in [3.05, 3.63) is 54.0 Å². The van der Waals surface area contributed by atoms with Crippen LogP contribution in [0.2, 0.25) is 0 Å². The van der Waals surface area contributed by atoms with Crippen LogP contribution in [-0.4, -0.2) is 39.4 Å². The van der Waals surface area contributed by atoms with Gasteiger partial charge in [0.15, 0.2) is 11.5 Å². The number of carbonyl (C=O) groups is 1. The number of benzene rings is 1. The molecule has 4 rings (SSSR count). The minimum atomic E-state index is -0.558. The van der Waals surface area contributed by atoms with Gasteiger partial charge in [-0.25, -0.2) is 0 Å². The number of nitrogens with zero attached hydrogens (tertiary/aromatic N) is 2. The third kappa shape index (κ3) is 3.16. The maximum absolute atomic E-state index is 12.4. The van der Waals surface area contributed by atoms with Gasteiger partial charge < -0.3 is 20.4 Å². The number of aromatic nitrogens is 1. The van der Waals surface area contributed by atoms with Gasteiger partial charge >= 0.3 is 0 Å². The molecule has 2 heterocycles. The van der Waals surface area contributed by atoms with E-state index >= 15 is 0 Å². The summed E-state index contributed by atoms with van der Waals surface area (Å²) >= 11 is 0. The summed E-state index contributed by atoms with van der Waals surface area (Å²) in [5, 5.41) is 18.5. The monoisotopic (exact) mass is 355 g/mol. The molecule has 2 aliphatic rings. The SMILES string of the molecule is C[C@H](O)C1=CNNN1C1CC(NC(=O)c2cc(-c3ccccc3)on2)C1. The number of carbonyl (C=O) groups excluding carboxylic acids is 1. The molecule has 2 aromatic rings. The van der Waals surface area contributed by atoms with E-state index in [0.29, 0.717) is 5.76 Å². The van der Waals surface area contributed by atoms with Gasteiger partial charge in [0, 0.05) is 23.9 Å². The molecule has 8 nitrogen and oxygen atoms in total. The van der Waals surface area contributed by atoms with E-state index in [1.54, 1.807) is 19.2 Å². The average Bonchev–Trinajstić information content (AvgIpc) is 3.27. The molecule has 1 aliphatic carbocycles. The third-order valence-electron chi connectivity index (χ3n) is 4.73. The number of nitrogens with one attached hydrogen (secondary N) is 3. The molecule has 0 radical (unpaired) electrons. The van der Waals surface area contributed by atoms with Gasteiger partial charge in [0.25, 0.3) is 5.91 Å². The molecule has 1 amide bonds. The van der Waals surface area contributed by atoms with Crippen molar-refractivity contribution in [2.45, 2.75) is 38.0 Å². The number of hydrogen-bond acceptors (Lipinski definition) is 7. The van der Waals surface area contributed by atoms with E-state index < -0.39 is 6.10 Å². The van der Waals surface area contributed by atoms with Gasteiger partial charge in [-0.2, -0.15) is 0 Å². The van der Waals surface area contributed by atoms with Gasteiger partial charge in [-0.15, -0.1) is 5.53 Å². The third-order valence-corrected chi connectivity index (χ3v) is 4.73. The lowest BCUT2D eigenvalue weighted by Crippen LogP contribution is -2.57. The molecule has 0 saturated heterocycles. The Kier molecular flexibility index (Phi) is 4.36. The highest BCUT2D eigenvalue weighted by atomic mass is 16.5. The zero-order valence-corrected chi connectivity index (χ0v) is 14.3. The first kappa shape index (κ1) is 16.6. The van der Waals surface area contributed by atoms with Crippen LogP contribution in [0, 0.1) is 0 Å². The molecule has 1 aromatic carbocycles. The quantitative estimate of drug-likeness (QED) is 0.638. The Hall–Kier alpha value is -2.84. The van der Waals surface area contributed by atoms with Crippen LogP contribution in [-0.2, 0) is 0 Å². The first-order valence-corrected chi connectivity index (χ1v) is 8.63. The van der Waals surface area contributed by atoms with Gasteiger partial charge in [-0.3, -0.25) is 9.80 Å². The second-order valence-corrected chi connectivity index (χ2v) is 6.61. The van der Waals surface area contributed by atoms with Crippen LogP contribution in [0.25, 0.3) is 11.3 Å². The summed E-state index contributed by atoms with van der Waals surface area (Å²) < 4.78 is 5.28. The minimum absolute atomic E-state index is 0.0713. The first-order valence-electron chi connectivity index (χ1n) is 8.63. The summed E-state index contributed by atoms with van der Waals surface area (Å²) in [5.74, 6) is 0.333. The van der Waals surface area contributed by atoms with E-state index in [0.717, 1.165) is 24.1 Å². The van der Waals surface area contributed by atoms with Crippen LogP contribution >= 0.6 is 0 Å². The summed E-state index contributed by atoms with van der Waals surface area (Å²) in [4.78, 5) is 12.4. The molecule has 1 aromatic heterocycles. The topological polar surface area (TPSA) is 103 Å².